The van der Waals surface area contributed by atoms with E-state index in [4.69, 9.17) is 10.8 Å². The topological polar surface area (TPSA) is 105 Å². The van der Waals surface area contributed by atoms with Gasteiger partial charge < -0.3 is 16.2 Å². The molecule has 1 atom stereocenters. The van der Waals surface area contributed by atoms with E-state index in [1.165, 1.54) is 16.7 Å². The zero-order chi connectivity index (χ0) is 15.1. The maximum Gasteiger partial charge on any atom is 0.355 e. The molecule has 0 unspecified atom stereocenters. The second kappa shape index (κ2) is 7.96. The summed E-state index contributed by atoms with van der Waals surface area (Å²) in [7, 11) is 0. The Hall–Kier alpha value is -1.47. The molecule has 1 amide bonds. The minimum atomic E-state index is -1.06. The highest BCUT2D eigenvalue weighted by Crippen LogP contribution is 2.14. The smallest absolute Gasteiger partial charge is 0.355 e. The first-order chi connectivity index (χ1) is 9.42. The third-order valence-electron chi connectivity index (χ3n) is 2.82. The summed E-state index contributed by atoms with van der Waals surface area (Å²) in [5.74, 6) is -0.443. The highest BCUT2D eigenvalue weighted by molar-refractivity contribution is 7.09. The van der Waals surface area contributed by atoms with Crippen molar-refractivity contribution in [2.45, 2.75) is 33.2 Å². The monoisotopic (exact) mass is 299 g/mol. The standard InChI is InChI=1S/C13H21N3O3S/c1-8(2)3-9(5-14)4-11(17)15-6-12-16-10(7-20-12)13(18)19/h7-9H,3-6,14H2,1-2H3,(H,15,17)(H,18,19)/t9-/m0/s1. The molecule has 112 valence electrons. The number of aromatic carboxylic acids is 1. The van der Waals surface area contributed by atoms with Gasteiger partial charge in [-0.25, -0.2) is 9.78 Å². The quantitative estimate of drug-likeness (QED) is 0.674. The van der Waals surface area contributed by atoms with Gasteiger partial charge in [0.1, 0.15) is 5.01 Å². The van der Waals surface area contributed by atoms with Crippen molar-refractivity contribution in [2.24, 2.45) is 17.6 Å². The van der Waals surface area contributed by atoms with Crippen LogP contribution in [0.3, 0.4) is 0 Å². The number of nitrogens with two attached hydrogens (primary N) is 1. The van der Waals surface area contributed by atoms with Gasteiger partial charge in [-0.1, -0.05) is 13.8 Å². The fraction of sp³-hybridized carbons (Fsp3) is 0.615. The van der Waals surface area contributed by atoms with Crippen LogP contribution in [0.5, 0.6) is 0 Å². The van der Waals surface area contributed by atoms with Crippen LogP contribution in [0.15, 0.2) is 5.38 Å². The Morgan fingerprint density at radius 2 is 2.20 bits per heavy atom. The molecule has 4 N–H and O–H groups in total. The van der Waals surface area contributed by atoms with Gasteiger partial charge in [0.25, 0.3) is 0 Å². The van der Waals surface area contributed by atoms with E-state index < -0.39 is 5.97 Å². The first-order valence-corrected chi connectivity index (χ1v) is 7.44. The lowest BCUT2D eigenvalue weighted by atomic mass is 9.94. The number of aromatic nitrogens is 1. The summed E-state index contributed by atoms with van der Waals surface area (Å²) < 4.78 is 0. The third-order valence-corrected chi connectivity index (χ3v) is 3.67. The molecule has 1 aromatic heterocycles. The fourth-order valence-corrected chi connectivity index (χ4v) is 2.64. The molecule has 0 radical (unpaired) electrons. The Bertz CT molecular complexity index is 459. The van der Waals surface area contributed by atoms with Gasteiger partial charge in [-0.2, -0.15) is 0 Å². The number of hydrogen-bond acceptors (Lipinski definition) is 5. The summed E-state index contributed by atoms with van der Waals surface area (Å²) in [6.07, 6.45) is 1.32. The van der Waals surface area contributed by atoms with Crippen LogP contribution in [-0.2, 0) is 11.3 Å². The first-order valence-electron chi connectivity index (χ1n) is 6.56. The summed E-state index contributed by atoms with van der Waals surface area (Å²) in [5.41, 5.74) is 5.67. The minimum Gasteiger partial charge on any atom is -0.476 e. The molecule has 0 spiro atoms. The van der Waals surface area contributed by atoms with Crippen LogP contribution in [0.1, 0.15) is 42.2 Å². The molecule has 1 aromatic rings. The van der Waals surface area contributed by atoms with Gasteiger partial charge in [-0.05, 0) is 24.8 Å². The first kappa shape index (κ1) is 16.6. The van der Waals surface area contributed by atoms with Crippen molar-refractivity contribution in [1.29, 1.82) is 0 Å². The van der Waals surface area contributed by atoms with Crippen molar-refractivity contribution in [3.8, 4) is 0 Å². The lowest BCUT2D eigenvalue weighted by molar-refractivity contribution is -0.122. The highest BCUT2D eigenvalue weighted by Gasteiger charge is 2.15. The summed E-state index contributed by atoms with van der Waals surface area (Å²) in [6.45, 7) is 4.95. The largest absolute Gasteiger partial charge is 0.476 e. The number of amides is 1. The van der Waals surface area contributed by atoms with Gasteiger partial charge in [0, 0.05) is 11.8 Å². The average Bonchev–Trinajstić information content (AvgIpc) is 2.84. The fourth-order valence-electron chi connectivity index (χ4n) is 1.93. The van der Waals surface area contributed by atoms with Crippen molar-refractivity contribution in [1.82, 2.24) is 10.3 Å². The van der Waals surface area contributed by atoms with Gasteiger partial charge in [-0.15, -0.1) is 11.3 Å². The van der Waals surface area contributed by atoms with Crippen molar-refractivity contribution >= 4 is 23.2 Å². The molecule has 0 aliphatic rings. The number of nitrogens with one attached hydrogen (secondary N) is 1. The molecule has 0 aromatic carbocycles. The number of hydrogen-bond donors (Lipinski definition) is 3. The van der Waals surface area contributed by atoms with Crippen LogP contribution < -0.4 is 11.1 Å². The zero-order valence-corrected chi connectivity index (χ0v) is 12.6. The number of carbonyl (C=O) groups is 2. The third kappa shape index (κ3) is 5.66. The van der Waals surface area contributed by atoms with Gasteiger partial charge in [0.2, 0.25) is 5.91 Å². The van der Waals surface area contributed by atoms with Gasteiger partial charge in [0.05, 0.1) is 6.54 Å². The summed E-state index contributed by atoms with van der Waals surface area (Å²) in [5, 5.41) is 13.6. The van der Waals surface area contributed by atoms with Crippen molar-refractivity contribution in [2.75, 3.05) is 6.54 Å². The Kier molecular flexibility index (Phi) is 6.60. The highest BCUT2D eigenvalue weighted by atomic mass is 32.1. The number of carboxylic acids is 1. The maximum absolute atomic E-state index is 11.8. The molecule has 0 saturated carbocycles. The lowest BCUT2D eigenvalue weighted by Crippen LogP contribution is -2.28. The second-order valence-electron chi connectivity index (χ2n) is 5.14. The van der Waals surface area contributed by atoms with E-state index >= 15 is 0 Å². The van der Waals surface area contributed by atoms with E-state index in [0.29, 0.717) is 23.9 Å². The summed E-state index contributed by atoms with van der Waals surface area (Å²) in [4.78, 5) is 26.4. The van der Waals surface area contributed by atoms with Crippen molar-refractivity contribution in [3.05, 3.63) is 16.1 Å². The number of nitrogens with zero attached hydrogens (tertiary/aromatic N) is 1. The van der Waals surface area contributed by atoms with E-state index in [9.17, 15) is 9.59 Å². The van der Waals surface area contributed by atoms with Crippen LogP contribution in [0, 0.1) is 11.8 Å². The molecule has 1 heterocycles. The number of carbonyl (C=O) groups excluding carboxylic acids is 1. The van der Waals surface area contributed by atoms with Gasteiger partial charge in [-0.3, -0.25) is 4.79 Å². The molecule has 0 saturated heterocycles. The van der Waals surface area contributed by atoms with Gasteiger partial charge >= 0.3 is 5.97 Å². The Labute approximate surface area is 122 Å². The van der Waals surface area contributed by atoms with E-state index in [0.717, 1.165) is 6.42 Å². The molecule has 0 aliphatic carbocycles. The van der Waals surface area contributed by atoms with Crippen LogP contribution in [0.4, 0.5) is 0 Å². The number of thiazole rings is 1. The molecule has 1 rings (SSSR count). The number of carboxylic acid groups (broad SMARTS) is 1. The summed E-state index contributed by atoms with van der Waals surface area (Å²) >= 11 is 1.22. The predicted molar refractivity (Wildman–Crippen MR) is 77.5 cm³/mol. The molecular weight excluding hydrogens is 278 g/mol. The number of rotatable bonds is 8. The Morgan fingerprint density at radius 1 is 1.50 bits per heavy atom. The van der Waals surface area contributed by atoms with E-state index in [2.05, 4.69) is 24.1 Å². The van der Waals surface area contributed by atoms with Crippen LogP contribution >= 0.6 is 11.3 Å². The molecule has 0 fully saturated rings. The van der Waals surface area contributed by atoms with E-state index in [-0.39, 0.29) is 24.1 Å². The second-order valence-corrected chi connectivity index (χ2v) is 6.09. The molecule has 0 bridgehead atoms. The minimum absolute atomic E-state index is 0.0129. The summed E-state index contributed by atoms with van der Waals surface area (Å²) in [6, 6.07) is 0. The molecule has 0 aliphatic heterocycles. The predicted octanol–water partition coefficient (Wildman–Crippen LogP) is 1.47. The molecule has 7 heteroatoms. The van der Waals surface area contributed by atoms with Crippen molar-refractivity contribution in [3.63, 3.8) is 0 Å². The Morgan fingerprint density at radius 3 is 2.70 bits per heavy atom. The maximum atomic E-state index is 11.8. The van der Waals surface area contributed by atoms with Crippen LogP contribution in [0.25, 0.3) is 0 Å². The molecule has 6 nitrogen and oxygen atoms in total. The van der Waals surface area contributed by atoms with Crippen molar-refractivity contribution < 1.29 is 14.7 Å². The molecule has 20 heavy (non-hydrogen) atoms. The Balaban J connectivity index is 2.40. The van der Waals surface area contributed by atoms with Crippen LogP contribution in [0.2, 0.25) is 0 Å². The normalized spacial score (nSPS) is 12.4. The van der Waals surface area contributed by atoms with E-state index in [1.807, 2.05) is 0 Å². The SMILES string of the molecule is CC(C)C[C@H](CN)CC(=O)NCc1nc(C(=O)O)cs1. The zero-order valence-electron chi connectivity index (χ0n) is 11.8. The lowest BCUT2D eigenvalue weighted by Gasteiger charge is -2.16. The van der Waals surface area contributed by atoms with Gasteiger partial charge in [0.15, 0.2) is 5.69 Å². The van der Waals surface area contributed by atoms with E-state index in [1.54, 1.807) is 0 Å². The van der Waals surface area contributed by atoms with Crippen LogP contribution in [-0.4, -0.2) is 28.5 Å². The molecular formula is C13H21N3O3S. The average molecular weight is 299 g/mol.